The van der Waals surface area contributed by atoms with Crippen LogP contribution in [-0.4, -0.2) is 51.0 Å². The van der Waals surface area contributed by atoms with Gasteiger partial charge in [-0.2, -0.15) is 0 Å². The lowest BCUT2D eigenvalue weighted by Gasteiger charge is -2.13. The molecule has 5 nitrogen and oxygen atoms in total. The molecule has 0 atom stereocenters. The summed E-state index contributed by atoms with van der Waals surface area (Å²) in [6.07, 6.45) is 4.86. The number of rotatable bonds is 7. The smallest absolute Gasteiger partial charge is 0.253 e. The summed E-state index contributed by atoms with van der Waals surface area (Å²) < 4.78 is 0. The van der Waals surface area contributed by atoms with E-state index in [1.165, 1.54) is 19.3 Å². The zero-order valence-electron chi connectivity index (χ0n) is 14.8. The molecule has 2 N–H and O–H groups in total. The first kappa shape index (κ1) is 20.7. The zero-order chi connectivity index (χ0) is 16.7. The van der Waals surface area contributed by atoms with E-state index in [4.69, 9.17) is 0 Å². The molecule has 1 aromatic carbocycles. The van der Waals surface area contributed by atoms with Crippen LogP contribution in [0.5, 0.6) is 0 Å². The maximum Gasteiger partial charge on any atom is 0.253 e. The van der Waals surface area contributed by atoms with Crippen molar-refractivity contribution in [2.45, 2.75) is 25.7 Å². The maximum atomic E-state index is 12.0. The number of nitrogens with one attached hydrogen (secondary N) is 2. The van der Waals surface area contributed by atoms with Gasteiger partial charge in [0, 0.05) is 39.8 Å². The highest BCUT2D eigenvalue weighted by Gasteiger charge is 2.20. The number of amides is 1. The van der Waals surface area contributed by atoms with E-state index in [-0.39, 0.29) is 29.9 Å². The summed E-state index contributed by atoms with van der Waals surface area (Å²) in [5, 5.41) is 6.68. The topological polar surface area (TPSA) is 56.7 Å². The van der Waals surface area contributed by atoms with Crippen LogP contribution in [0, 0.1) is 5.92 Å². The Morgan fingerprint density at radius 1 is 1.25 bits per heavy atom. The van der Waals surface area contributed by atoms with E-state index in [0.717, 1.165) is 42.5 Å². The Balaban J connectivity index is 0.00000288. The molecule has 0 bridgehead atoms. The second-order valence-corrected chi connectivity index (χ2v) is 6.31. The van der Waals surface area contributed by atoms with Crippen LogP contribution in [0.2, 0.25) is 0 Å². The van der Waals surface area contributed by atoms with Crippen LogP contribution >= 0.6 is 24.0 Å². The quantitative estimate of drug-likeness (QED) is 0.386. The highest BCUT2D eigenvalue weighted by molar-refractivity contribution is 14.0. The fourth-order valence-corrected chi connectivity index (χ4v) is 2.47. The summed E-state index contributed by atoms with van der Waals surface area (Å²) in [4.78, 5) is 17.8. The number of halogens is 1. The third-order valence-corrected chi connectivity index (χ3v) is 4.05. The standard InChI is InChI=1S/C18H28N4O.HI/c1-19-18(20-11-9-14-7-8-14)21-12-10-15-5-4-6-16(13-15)17(23)22(2)3;/h4-6,13-14H,7-12H2,1-3H3,(H2,19,20,21);1H. The summed E-state index contributed by atoms with van der Waals surface area (Å²) in [7, 11) is 5.34. The number of guanidine groups is 1. The number of aliphatic imine (C=N–C) groups is 1. The minimum absolute atomic E-state index is 0. The van der Waals surface area contributed by atoms with Crippen molar-refractivity contribution in [3.8, 4) is 0 Å². The van der Waals surface area contributed by atoms with Gasteiger partial charge in [-0.05, 0) is 36.5 Å². The van der Waals surface area contributed by atoms with E-state index in [9.17, 15) is 4.79 Å². The van der Waals surface area contributed by atoms with Gasteiger partial charge in [0.1, 0.15) is 0 Å². The highest BCUT2D eigenvalue weighted by atomic mass is 127. The van der Waals surface area contributed by atoms with Crippen LogP contribution in [0.15, 0.2) is 29.3 Å². The molecular weight excluding hydrogens is 415 g/mol. The van der Waals surface area contributed by atoms with Crippen molar-refractivity contribution in [3.63, 3.8) is 0 Å². The molecule has 6 heteroatoms. The van der Waals surface area contributed by atoms with Crippen LogP contribution in [0.1, 0.15) is 35.2 Å². The van der Waals surface area contributed by atoms with Crippen molar-refractivity contribution in [3.05, 3.63) is 35.4 Å². The molecule has 0 aromatic heterocycles. The number of carbonyl (C=O) groups is 1. The fourth-order valence-electron chi connectivity index (χ4n) is 2.47. The predicted molar refractivity (Wildman–Crippen MR) is 110 cm³/mol. The summed E-state index contributed by atoms with van der Waals surface area (Å²) >= 11 is 0. The van der Waals surface area contributed by atoms with E-state index in [1.54, 1.807) is 26.0 Å². The highest BCUT2D eigenvalue weighted by Crippen LogP contribution is 2.31. The van der Waals surface area contributed by atoms with Crippen LogP contribution in [0.25, 0.3) is 0 Å². The van der Waals surface area contributed by atoms with E-state index in [1.807, 2.05) is 18.2 Å². The van der Waals surface area contributed by atoms with Crippen LogP contribution < -0.4 is 10.6 Å². The third-order valence-electron chi connectivity index (χ3n) is 4.05. The lowest BCUT2D eigenvalue weighted by molar-refractivity contribution is 0.0827. The Hall–Kier alpha value is -1.31. The Labute approximate surface area is 162 Å². The summed E-state index contributed by atoms with van der Waals surface area (Å²) in [5.74, 6) is 1.82. The molecule has 0 heterocycles. The minimum atomic E-state index is 0. The van der Waals surface area contributed by atoms with Gasteiger partial charge in [0.15, 0.2) is 5.96 Å². The second kappa shape index (κ2) is 10.5. The first-order valence-corrected chi connectivity index (χ1v) is 8.35. The summed E-state index contributed by atoms with van der Waals surface area (Å²) in [6, 6.07) is 7.82. The van der Waals surface area contributed by atoms with Gasteiger partial charge in [0.2, 0.25) is 0 Å². The van der Waals surface area contributed by atoms with E-state index in [0.29, 0.717) is 0 Å². The molecule has 0 spiro atoms. The Bertz CT molecular complexity index is 556. The molecular formula is C18H29IN4O. The Morgan fingerprint density at radius 3 is 2.58 bits per heavy atom. The molecule has 2 rings (SSSR count). The van der Waals surface area contributed by atoms with Gasteiger partial charge >= 0.3 is 0 Å². The van der Waals surface area contributed by atoms with Crippen LogP contribution in [0.3, 0.4) is 0 Å². The van der Waals surface area contributed by atoms with E-state index in [2.05, 4.69) is 21.7 Å². The molecule has 0 saturated heterocycles. The normalized spacial score (nSPS) is 13.9. The number of nitrogens with zero attached hydrogens (tertiary/aromatic N) is 2. The summed E-state index contributed by atoms with van der Waals surface area (Å²) in [5.41, 5.74) is 1.89. The first-order valence-electron chi connectivity index (χ1n) is 8.35. The molecule has 1 aliphatic rings. The molecule has 0 aliphatic heterocycles. The predicted octanol–water partition coefficient (Wildman–Crippen LogP) is 2.51. The van der Waals surface area contributed by atoms with Crippen molar-refractivity contribution >= 4 is 35.8 Å². The van der Waals surface area contributed by atoms with Gasteiger partial charge in [0.05, 0.1) is 0 Å². The molecule has 134 valence electrons. The molecule has 0 unspecified atom stereocenters. The van der Waals surface area contributed by atoms with Gasteiger partial charge in [-0.1, -0.05) is 25.0 Å². The average Bonchev–Trinajstić information content (AvgIpc) is 3.37. The van der Waals surface area contributed by atoms with Crippen molar-refractivity contribution in [1.82, 2.24) is 15.5 Å². The second-order valence-electron chi connectivity index (χ2n) is 6.31. The third kappa shape index (κ3) is 7.07. The lowest BCUT2D eigenvalue weighted by atomic mass is 10.1. The van der Waals surface area contributed by atoms with Crippen LogP contribution in [0.4, 0.5) is 0 Å². The van der Waals surface area contributed by atoms with E-state index >= 15 is 0 Å². The fraction of sp³-hybridized carbons (Fsp3) is 0.556. The van der Waals surface area contributed by atoms with Gasteiger partial charge in [-0.25, -0.2) is 0 Å². The number of benzene rings is 1. The average molecular weight is 444 g/mol. The van der Waals surface area contributed by atoms with Crippen LogP contribution in [-0.2, 0) is 6.42 Å². The van der Waals surface area contributed by atoms with Gasteiger partial charge in [0.25, 0.3) is 5.91 Å². The lowest BCUT2D eigenvalue weighted by Crippen LogP contribution is -2.38. The molecule has 24 heavy (non-hydrogen) atoms. The minimum Gasteiger partial charge on any atom is -0.356 e. The monoisotopic (exact) mass is 444 g/mol. The Kier molecular flexibility index (Phi) is 9.10. The van der Waals surface area contributed by atoms with Gasteiger partial charge in [-0.3, -0.25) is 9.79 Å². The van der Waals surface area contributed by atoms with Crippen molar-refractivity contribution < 1.29 is 4.79 Å². The van der Waals surface area contributed by atoms with Crippen molar-refractivity contribution in [2.24, 2.45) is 10.9 Å². The number of carbonyl (C=O) groups excluding carboxylic acids is 1. The molecule has 1 aliphatic carbocycles. The SMILES string of the molecule is CN=C(NCCc1cccc(C(=O)N(C)C)c1)NCCC1CC1.I. The van der Waals surface area contributed by atoms with E-state index < -0.39 is 0 Å². The largest absolute Gasteiger partial charge is 0.356 e. The molecule has 1 amide bonds. The molecule has 1 aromatic rings. The molecule has 0 radical (unpaired) electrons. The Morgan fingerprint density at radius 2 is 1.96 bits per heavy atom. The number of hydrogen-bond acceptors (Lipinski definition) is 2. The zero-order valence-corrected chi connectivity index (χ0v) is 17.2. The maximum absolute atomic E-state index is 12.0. The summed E-state index contributed by atoms with van der Waals surface area (Å²) in [6.45, 7) is 1.78. The number of hydrogen-bond donors (Lipinski definition) is 2. The first-order chi connectivity index (χ1) is 11.1. The molecule has 1 fully saturated rings. The molecule has 1 saturated carbocycles. The van der Waals surface area contributed by atoms with Gasteiger partial charge in [-0.15, -0.1) is 24.0 Å². The van der Waals surface area contributed by atoms with Crippen molar-refractivity contribution in [1.29, 1.82) is 0 Å². The van der Waals surface area contributed by atoms with Gasteiger partial charge < -0.3 is 15.5 Å². The van der Waals surface area contributed by atoms with Crippen molar-refractivity contribution in [2.75, 3.05) is 34.2 Å².